The summed E-state index contributed by atoms with van der Waals surface area (Å²) in [5.74, 6) is -0.117. The average molecular weight is 236 g/mol. The van der Waals surface area contributed by atoms with Crippen LogP contribution >= 0.6 is 12.2 Å². The van der Waals surface area contributed by atoms with Crippen molar-refractivity contribution >= 4 is 29.3 Å². The lowest BCUT2D eigenvalue weighted by molar-refractivity contribution is -0.121. The van der Waals surface area contributed by atoms with Gasteiger partial charge in [0, 0.05) is 19.8 Å². The van der Waals surface area contributed by atoms with E-state index < -0.39 is 0 Å². The van der Waals surface area contributed by atoms with Crippen LogP contribution in [0.25, 0.3) is 6.08 Å². The molecule has 0 saturated carbocycles. The highest BCUT2D eigenvalue weighted by atomic mass is 32.1. The Morgan fingerprint density at radius 3 is 2.94 bits per heavy atom. The zero-order valence-corrected chi connectivity index (χ0v) is 9.91. The van der Waals surface area contributed by atoms with Gasteiger partial charge >= 0.3 is 0 Å². The quantitative estimate of drug-likeness (QED) is 0.603. The van der Waals surface area contributed by atoms with Crippen LogP contribution in [0.1, 0.15) is 12.6 Å². The highest BCUT2D eigenvalue weighted by Gasteiger charge is 2.27. The second-order valence-corrected chi connectivity index (χ2v) is 3.81. The Labute approximate surface area is 98.7 Å². The van der Waals surface area contributed by atoms with Crippen molar-refractivity contribution in [1.82, 2.24) is 20.0 Å². The molecule has 6 heteroatoms. The normalized spacial score (nSPS) is 18.4. The van der Waals surface area contributed by atoms with Crippen LogP contribution in [0.4, 0.5) is 0 Å². The number of carbonyl (C=O) groups excluding carboxylic acids is 1. The van der Waals surface area contributed by atoms with Crippen LogP contribution in [0.5, 0.6) is 0 Å². The molecule has 84 valence electrons. The first-order valence-electron chi connectivity index (χ1n) is 4.96. The summed E-state index contributed by atoms with van der Waals surface area (Å²) in [5.41, 5.74) is 1.37. The number of nitrogens with zero attached hydrogens (tertiary/aromatic N) is 3. The van der Waals surface area contributed by atoms with Gasteiger partial charge in [-0.2, -0.15) is 5.10 Å². The molecule has 0 bridgehead atoms. The van der Waals surface area contributed by atoms with Crippen LogP contribution in [0.2, 0.25) is 0 Å². The molecule has 0 unspecified atom stereocenters. The molecule has 16 heavy (non-hydrogen) atoms. The summed E-state index contributed by atoms with van der Waals surface area (Å²) in [6.07, 6.45) is 3.46. The van der Waals surface area contributed by atoms with Gasteiger partial charge in [0.05, 0.1) is 5.69 Å². The number of hydrogen-bond donors (Lipinski definition) is 1. The standard InChI is InChI=1S/C10H12N4OS/c1-3-14-7(4-5-11-14)6-8-9(15)13(2)10(16)12-8/h4-6H,3H2,1-2H3,(H,12,16)/b8-6+. The van der Waals surface area contributed by atoms with Crippen LogP contribution < -0.4 is 5.32 Å². The van der Waals surface area contributed by atoms with Gasteiger partial charge in [-0.25, -0.2) is 0 Å². The van der Waals surface area contributed by atoms with Gasteiger partial charge in [-0.3, -0.25) is 14.4 Å². The number of amides is 1. The number of carbonyl (C=O) groups is 1. The lowest BCUT2D eigenvalue weighted by atomic mass is 10.3. The van der Waals surface area contributed by atoms with Crippen molar-refractivity contribution in [3.05, 3.63) is 23.7 Å². The minimum atomic E-state index is -0.117. The molecule has 1 aliphatic heterocycles. The predicted octanol–water partition coefficient (Wildman–Crippen LogP) is 0.590. The molecule has 1 aromatic rings. The van der Waals surface area contributed by atoms with Crippen LogP contribution in [0.3, 0.4) is 0 Å². The van der Waals surface area contributed by atoms with Gasteiger partial charge in [0.15, 0.2) is 5.11 Å². The van der Waals surface area contributed by atoms with Crippen molar-refractivity contribution in [3.8, 4) is 0 Å². The minimum Gasteiger partial charge on any atom is -0.328 e. The third-order valence-corrected chi connectivity index (χ3v) is 2.80. The summed E-state index contributed by atoms with van der Waals surface area (Å²) < 4.78 is 1.81. The zero-order chi connectivity index (χ0) is 11.7. The highest BCUT2D eigenvalue weighted by Crippen LogP contribution is 2.12. The molecule has 1 saturated heterocycles. The third kappa shape index (κ3) is 1.71. The topological polar surface area (TPSA) is 50.2 Å². The van der Waals surface area contributed by atoms with E-state index in [1.807, 2.05) is 17.7 Å². The van der Waals surface area contributed by atoms with E-state index in [2.05, 4.69) is 10.4 Å². The Balaban J connectivity index is 2.32. The van der Waals surface area contributed by atoms with Crippen LogP contribution in [-0.2, 0) is 11.3 Å². The summed E-state index contributed by atoms with van der Waals surface area (Å²) in [6, 6.07) is 1.85. The molecule has 0 radical (unpaired) electrons. The maximum Gasteiger partial charge on any atom is 0.276 e. The molecule has 0 atom stereocenters. The molecule has 2 rings (SSSR count). The van der Waals surface area contributed by atoms with Crippen molar-refractivity contribution in [1.29, 1.82) is 0 Å². The fraction of sp³-hybridized carbons (Fsp3) is 0.300. The summed E-state index contributed by atoms with van der Waals surface area (Å²) in [6.45, 7) is 2.76. The highest BCUT2D eigenvalue weighted by molar-refractivity contribution is 7.80. The molecular formula is C10H12N4OS. The third-order valence-electron chi connectivity index (χ3n) is 2.42. The van der Waals surface area contributed by atoms with Crippen molar-refractivity contribution in [2.45, 2.75) is 13.5 Å². The van der Waals surface area contributed by atoms with Gasteiger partial charge in [0.2, 0.25) is 0 Å². The summed E-state index contributed by atoms with van der Waals surface area (Å²) in [4.78, 5) is 13.1. The lowest BCUT2D eigenvalue weighted by Crippen LogP contribution is -2.25. The number of hydrogen-bond acceptors (Lipinski definition) is 3. The number of aromatic nitrogens is 2. The smallest absolute Gasteiger partial charge is 0.276 e. The number of rotatable bonds is 2. The van der Waals surface area contributed by atoms with Crippen LogP contribution in [-0.4, -0.2) is 32.7 Å². The predicted molar refractivity (Wildman–Crippen MR) is 64.4 cm³/mol. The molecule has 2 heterocycles. The Kier molecular flexibility index (Phi) is 2.74. The van der Waals surface area contributed by atoms with Gasteiger partial charge in [-0.05, 0) is 31.3 Å². The van der Waals surface area contributed by atoms with E-state index in [1.54, 1.807) is 19.3 Å². The average Bonchev–Trinajstić information content (AvgIpc) is 2.81. The van der Waals surface area contributed by atoms with E-state index in [0.717, 1.165) is 12.2 Å². The SMILES string of the molecule is CCn1nccc1/C=C1/NC(=S)N(C)C1=O. The first-order chi connectivity index (χ1) is 7.63. The van der Waals surface area contributed by atoms with Crippen LogP contribution in [0.15, 0.2) is 18.0 Å². The van der Waals surface area contributed by atoms with Gasteiger partial charge in [0.1, 0.15) is 5.70 Å². The van der Waals surface area contributed by atoms with Crippen molar-refractivity contribution in [3.63, 3.8) is 0 Å². The molecule has 5 nitrogen and oxygen atoms in total. The first kappa shape index (κ1) is 10.8. The fourth-order valence-corrected chi connectivity index (χ4v) is 1.69. The van der Waals surface area contributed by atoms with E-state index in [4.69, 9.17) is 12.2 Å². The summed E-state index contributed by atoms with van der Waals surface area (Å²) in [5, 5.41) is 7.43. The van der Waals surface area contributed by atoms with Crippen molar-refractivity contribution in [2.75, 3.05) is 7.05 Å². The molecule has 1 aromatic heterocycles. The minimum absolute atomic E-state index is 0.117. The largest absolute Gasteiger partial charge is 0.328 e. The molecule has 1 amide bonds. The monoisotopic (exact) mass is 236 g/mol. The molecule has 0 aromatic carbocycles. The van der Waals surface area contributed by atoms with Crippen molar-refractivity contribution in [2.24, 2.45) is 0 Å². The number of nitrogens with one attached hydrogen (secondary N) is 1. The van der Waals surface area contributed by atoms with Gasteiger partial charge in [0.25, 0.3) is 5.91 Å². The van der Waals surface area contributed by atoms with E-state index in [0.29, 0.717) is 10.8 Å². The molecular weight excluding hydrogens is 224 g/mol. The van der Waals surface area contributed by atoms with Crippen LogP contribution in [0, 0.1) is 0 Å². The van der Waals surface area contributed by atoms with E-state index >= 15 is 0 Å². The summed E-state index contributed by atoms with van der Waals surface area (Å²) >= 11 is 4.98. The summed E-state index contributed by atoms with van der Waals surface area (Å²) in [7, 11) is 1.65. The maximum atomic E-state index is 11.7. The molecule has 0 spiro atoms. The zero-order valence-electron chi connectivity index (χ0n) is 9.10. The molecule has 1 fully saturated rings. The van der Waals surface area contributed by atoms with Gasteiger partial charge in [-0.15, -0.1) is 0 Å². The molecule has 0 aliphatic carbocycles. The molecule has 1 aliphatic rings. The first-order valence-corrected chi connectivity index (χ1v) is 5.37. The Morgan fingerprint density at radius 2 is 2.38 bits per heavy atom. The van der Waals surface area contributed by atoms with Gasteiger partial charge < -0.3 is 5.32 Å². The number of likely N-dealkylation sites (N-methyl/N-ethyl adjacent to an activating group) is 1. The second kappa shape index (κ2) is 4.05. The number of thiocarbonyl (C=S) groups is 1. The Bertz CT molecular complexity index is 477. The maximum absolute atomic E-state index is 11.7. The Morgan fingerprint density at radius 1 is 1.62 bits per heavy atom. The van der Waals surface area contributed by atoms with E-state index in [1.165, 1.54) is 4.90 Å². The fourth-order valence-electron chi connectivity index (χ4n) is 1.50. The Hall–Kier alpha value is -1.69. The molecule has 1 N–H and O–H groups in total. The van der Waals surface area contributed by atoms with Crippen molar-refractivity contribution < 1.29 is 4.79 Å². The van der Waals surface area contributed by atoms with Gasteiger partial charge in [-0.1, -0.05) is 0 Å². The lowest BCUT2D eigenvalue weighted by Gasteiger charge is -2.02. The second-order valence-electron chi connectivity index (χ2n) is 3.42. The van der Waals surface area contributed by atoms with E-state index in [9.17, 15) is 4.79 Å². The van der Waals surface area contributed by atoms with E-state index in [-0.39, 0.29) is 5.91 Å². The number of aryl methyl sites for hydroxylation is 1.